The smallest absolute Gasteiger partial charge is 0.250 e. The molecular weight excluding hydrogens is 332 g/mol. The van der Waals surface area contributed by atoms with E-state index in [0.29, 0.717) is 0 Å². The quantitative estimate of drug-likeness (QED) is 0.541. The number of fused-ring (bicyclic) bond motifs is 4. The van der Waals surface area contributed by atoms with Crippen LogP contribution in [-0.2, 0) is 19.4 Å². The lowest BCUT2D eigenvalue weighted by Crippen LogP contribution is -2.31. The van der Waals surface area contributed by atoms with E-state index in [0.717, 1.165) is 53.9 Å². The van der Waals surface area contributed by atoms with Crippen molar-refractivity contribution in [2.24, 2.45) is 0 Å². The molecule has 0 atom stereocenters. The molecule has 0 aliphatic heterocycles. The van der Waals surface area contributed by atoms with Crippen LogP contribution >= 0.6 is 0 Å². The molecule has 2 aromatic carbocycles. The molecule has 2 heterocycles. The standard InChI is InChI=1S/C23H20N4/c24-14-19-17-10-4-5-11-18(17)22(25-15-16-8-2-1-3-9-16)27-21-13-7-6-12-20(21)26-23(19)27/h1-3,6-9,12-13H,4-5,10-11,15H2,(H,25,26)/p+1. The van der Waals surface area contributed by atoms with E-state index in [-0.39, 0.29) is 0 Å². The van der Waals surface area contributed by atoms with Crippen molar-refractivity contribution in [1.29, 1.82) is 5.26 Å². The van der Waals surface area contributed by atoms with Crippen molar-refractivity contribution in [1.82, 2.24) is 4.98 Å². The lowest BCUT2D eigenvalue weighted by atomic mass is 9.89. The molecule has 4 nitrogen and oxygen atoms in total. The molecule has 2 aromatic heterocycles. The Morgan fingerprint density at radius 1 is 0.963 bits per heavy atom. The van der Waals surface area contributed by atoms with E-state index in [1.807, 2.05) is 12.1 Å². The van der Waals surface area contributed by atoms with Gasteiger partial charge >= 0.3 is 0 Å². The number of pyridine rings is 1. The van der Waals surface area contributed by atoms with Gasteiger partial charge in [0.15, 0.2) is 0 Å². The predicted octanol–water partition coefficient (Wildman–Crippen LogP) is 4.27. The number of aromatic nitrogens is 2. The number of nitrogens with one attached hydrogen (secondary N) is 2. The summed E-state index contributed by atoms with van der Waals surface area (Å²) in [5.41, 5.74) is 7.62. The Hall–Kier alpha value is -3.32. The first-order valence-corrected chi connectivity index (χ1v) is 9.55. The van der Waals surface area contributed by atoms with Crippen molar-refractivity contribution >= 4 is 22.5 Å². The number of aromatic amines is 1. The fourth-order valence-electron chi connectivity index (χ4n) is 4.29. The fourth-order valence-corrected chi connectivity index (χ4v) is 4.29. The van der Waals surface area contributed by atoms with Crippen LogP contribution in [0.3, 0.4) is 0 Å². The van der Waals surface area contributed by atoms with E-state index in [9.17, 15) is 5.26 Å². The Bertz CT molecular complexity index is 1180. The van der Waals surface area contributed by atoms with Crippen molar-refractivity contribution in [3.63, 3.8) is 0 Å². The Labute approximate surface area is 158 Å². The summed E-state index contributed by atoms with van der Waals surface area (Å²) in [5, 5.41) is 13.6. The summed E-state index contributed by atoms with van der Waals surface area (Å²) in [6.45, 7) is 0.765. The molecule has 1 aliphatic rings. The van der Waals surface area contributed by atoms with Gasteiger partial charge in [0.25, 0.3) is 0 Å². The Kier molecular flexibility index (Phi) is 3.79. The summed E-state index contributed by atoms with van der Waals surface area (Å²) in [7, 11) is 0. The number of nitrogens with zero attached hydrogens (tertiary/aromatic N) is 2. The molecule has 0 spiro atoms. The van der Waals surface area contributed by atoms with Gasteiger partial charge in [-0.15, -0.1) is 0 Å². The number of hydrogen-bond donors (Lipinski definition) is 2. The molecule has 0 amide bonds. The van der Waals surface area contributed by atoms with Crippen molar-refractivity contribution in [3.8, 4) is 6.07 Å². The summed E-state index contributed by atoms with van der Waals surface area (Å²) >= 11 is 0. The molecule has 0 saturated carbocycles. The average Bonchev–Trinajstić information content (AvgIpc) is 3.11. The van der Waals surface area contributed by atoms with Crippen molar-refractivity contribution in [2.45, 2.75) is 32.2 Å². The van der Waals surface area contributed by atoms with Gasteiger partial charge in [-0.25, -0.2) is 0 Å². The number of H-pyrrole nitrogens is 1. The van der Waals surface area contributed by atoms with Gasteiger partial charge in [0.2, 0.25) is 11.5 Å². The number of anilines is 1. The highest BCUT2D eigenvalue weighted by atomic mass is 15.1. The number of nitriles is 1. The third kappa shape index (κ3) is 2.55. The molecule has 2 N–H and O–H groups in total. The number of hydrogen-bond acceptors (Lipinski definition) is 2. The predicted molar refractivity (Wildman–Crippen MR) is 107 cm³/mol. The monoisotopic (exact) mass is 353 g/mol. The normalized spacial score (nSPS) is 13.4. The highest BCUT2D eigenvalue weighted by Crippen LogP contribution is 2.31. The lowest BCUT2D eigenvalue weighted by Gasteiger charge is -2.19. The molecule has 4 aromatic rings. The molecule has 27 heavy (non-hydrogen) atoms. The third-order valence-electron chi connectivity index (χ3n) is 5.55. The minimum atomic E-state index is 0.765. The van der Waals surface area contributed by atoms with Gasteiger partial charge in [-0.05, 0) is 48.9 Å². The summed E-state index contributed by atoms with van der Waals surface area (Å²) < 4.78 is 2.21. The van der Waals surface area contributed by atoms with Gasteiger partial charge in [0.1, 0.15) is 22.7 Å². The van der Waals surface area contributed by atoms with E-state index < -0.39 is 0 Å². The van der Waals surface area contributed by atoms with Crippen LogP contribution < -0.4 is 9.72 Å². The zero-order valence-corrected chi connectivity index (χ0v) is 15.1. The molecule has 4 heteroatoms. The number of para-hydroxylation sites is 2. The molecule has 0 fully saturated rings. The van der Waals surface area contributed by atoms with Crippen LogP contribution in [0.2, 0.25) is 0 Å². The van der Waals surface area contributed by atoms with Gasteiger partial charge in [-0.2, -0.15) is 9.66 Å². The van der Waals surface area contributed by atoms with E-state index in [1.54, 1.807) is 0 Å². The van der Waals surface area contributed by atoms with Crippen molar-refractivity contribution in [3.05, 3.63) is 76.9 Å². The highest BCUT2D eigenvalue weighted by Gasteiger charge is 2.28. The first kappa shape index (κ1) is 15.9. The summed E-state index contributed by atoms with van der Waals surface area (Å²) in [4.78, 5) is 3.49. The second-order valence-electron chi connectivity index (χ2n) is 7.16. The van der Waals surface area contributed by atoms with E-state index in [2.05, 4.69) is 63.2 Å². The van der Waals surface area contributed by atoms with Crippen LogP contribution in [0.15, 0.2) is 54.6 Å². The van der Waals surface area contributed by atoms with E-state index >= 15 is 0 Å². The zero-order chi connectivity index (χ0) is 18.2. The summed E-state index contributed by atoms with van der Waals surface area (Å²) in [5.74, 6) is 1.13. The van der Waals surface area contributed by atoms with Gasteiger partial charge in [-0.3, -0.25) is 4.98 Å². The van der Waals surface area contributed by atoms with Gasteiger partial charge < -0.3 is 5.32 Å². The second-order valence-corrected chi connectivity index (χ2v) is 7.16. The van der Waals surface area contributed by atoms with Crippen molar-refractivity contribution < 1.29 is 4.40 Å². The Morgan fingerprint density at radius 2 is 1.70 bits per heavy atom. The molecular formula is C23H21N4+. The van der Waals surface area contributed by atoms with Crippen LogP contribution in [0.5, 0.6) is 0 Å². The molecule has 5 rings (SSSR count). The topological polar surface area (TPSA) is 55.7 Å². The molecule has 0 saturated heterocycles. The average molecular weight is 353 g/mol. The maximum absolute atomic E-state index is 9.91. The maximum atomic E-state index is 9.91. The van der Waals surface area contributed by atoms with Gasteiger partial charge in [0, 0.05) is 5.56 Å². The molecule has 0 bridgehead atoms. The molecule has 0 radical (unpaired) electrons. The summed E-state index contributed by atoms with van der Waals surface area (Å²) in [6.07, 6.45) is 4.32. The van der Waals surface area contributed by atoms with Crippen LogP contribution in [0.1, 0.15) is 35.1 Å². The van der Waals surface area contributed by atoms with Gasteiger partial charge in [0.05, 0.1) is 6.54 Å². The number of benzene rings is 2. The van der Waals surface area contributed by atoms with E-state index in [1.165, 1.54) is 23.1 Å². The first-order valence-electron chi connectivity index (χ1n) is 9.55. The minimum absolute atomic E-state index is 0.765. The number of rotatable bonds is 3. The van der Waals surface area contributed by atoms with Crippen LogP contribution in [0.4, 0.5) is 5.82 Å². The SMILES string of the molecule is N#Cc1c2c(c(NCc3ccccc3)[n+]3c1[nH]c1ccccc13)CCCC2. The largest absolute Gasteiger partial charge is 0.301 e. The maximum Gasteiger partial charge on any atom is 0.250 e. The van der Waals surface area contributed by atoms with Crippen LogP contribution in [-0.4, -0.2) is 4.98 Å². The molecule has 0 unspecified atom stereocenters. The van der Waals surface area contributed by atoms with E-state index in [4.69, 9.17) is 0 Å². The van der Waals surface area contributed by atoms with Crippen LogP contribution in [0.25, 0.3) is 16.7 Å². The van der Waals surface area contributed by atoms with Gasteiger partial charge in [-0.1, -0.05) is 42.5 Å². The second kappa shape index (κ2) is 6.44. The van der Waals surface area contributed by atoms with Crippen molar-refractivity contribution in [2.75, 3.05) is 5.32 Å². The first-order chi connectivity index (χ1) is 13.4. The molecule has 1 aliphatic carbocycles. The molecule has 132 valence electrons. The summed E-state index contributed by atoms with van der Waals surface area (Å²) in [6, 6.07) is 21.2. The Balaban J connectivity index is 1.78. The Morgan fingerprint density at radius 3 is 2.52 bits per heavy atom. The zero-order valence-electron chi connectivity index (χ0n) is 15.1. The highest BCUT2D eigenvalue weighted by molar-refractivity contribution is 5.78. The minimum Gasteiger partial charge on any atom is -0.301 e. The van der Waals surface area contributed by atoms with Crippen LogP contribution in [0, 0.1) is 11.3 Å². The number of imidazole rings is 1. The lowest BCUT2D eigenvalue weighted by molar-refractivity contribution is -0.465. The third-order valence-corrected chi connectivity index (χ3v) is 5.55. The fraction of sp³-hybridized carbons (Fsp3) is 0.217.